The number of amides is 1. The summed E-state index contributed by atoms with van der Waals surface area (Å²) < 4.78 is 44.9. The number of ether oxygens (including phenoxy) is 1. The molecule has 1 aromatic heterocycles. The summed E-state index contributed by atoms with van der Waals surface area (Å²) in [5.74, 6) is 0. The van der Waals surface area contributed by atoms with Crippen molar-refractivity contribution in [2.24, 2.45) is 0 Å². The van der Waals surface area contributed by atoms with Gasteiger partial charge in [0.2, 0.25) is 0 Å². The van der Waals surface area contributed by atoms with Gasteiger partial charge in [-0.2, -0.15) is 13.2 Å². The Balaban J connectivity index is 1.50. The van der Waals surface area contributed by atoms with Crippen LogP contribution in [0.4, 0.5) is 29.3 Å². The van der Waals surface area contributed by atoms with Crippen molar-refractivity contribution in [2.75, 3.05) is 5.32 Å². The lowest BCUT2D eigenvalue weighted by atomic mass is 9.86. The highest BCUT2D eigenvalue weighted by Gasteiger charge is 2.51. The van der Waals surface area contributed by atoms with E-state index in [1.54, 1.807) is 4.90 Å². The normalized spacial score (nSPS) is 24.6. The summed E-state index contributed by atoms with van der Waals surface area (Å²) in [6.45, 7) is 3.74. The van der Waals surface area contributed by atoms with E-state index in [2.05, 4.69) is 10.3 Å². The number of carbonyl (C=O) groups is 1. The molecule has 0 unspecified atom stereocenters. The Morgan fingerprint density at radius 1 is 1.18 bits per heavy atom. The van der Waals surface area contributed by atoms with Crippen LogP contribution in [0.3, 0.4) is 0 Å². The van der Waals surface area contributed by atoms with E-state index in [9.17, 15) is 28.1 Å². The monoisotopic (exact) mass is 478 g/mol. The molecule has 11 heteroatoms. The maximum absolute atomic E-state index is 13.1. The van der Waals surface area contributed by atoms with Gasteiger partial charge in [-0.15, -0.1) is 0 Å². The first-order chi connectivity index (χ1) is 16.0. The van der Waals surface area contributed by atoms with Crippen molar-refractivity contribution in [3.05, 3.63) is 64.0 Å². The first kappa shape index (κ1) is 23.8. The molecule has 2 fully saturated rings. The molecule has 1 saturated heterocycles. The molecule has 1 aliphatic heterocycles. The van der Waals surface area contributed by atoms with E-state index < -0.39 is 34.2 Å². The van der Waals surface area contributed by atoms with Crippen molar-refractivity contribution >= 4 is 17.5 Å². The van der Waals surface area contributed by atoms with Crippen LogP contribution in [-0.2, 0) is 10.9 Å². The topological polar surface area (TPSA) is 97.6 Å². The van der Waals surface area contributed by atoms with Gasteiger partial charge in [0.1, 0.15) is 23.2 Å². The second-order valence-electron chi connectivity index (χ2n) is 9.18. The number of pyridine rings is 1. The standard InChI is InChI=1S/C23H25F3N4O4/c1-22(2)20(14-6-4-3-5-7-14)29(21(31)34-22)16-10-8-15(9-11-16)28-17-12-19(23(24,25)26)27-13-18(17)30(32)33/h3-7,12-13,15-16,20H,8-11H2,1-2H3,(H,27,28)/t15-,16-,20-/m0/s1. The average Bonchev–Trinajstić information content (AvgIpc) is 3.02. The minimum absolute atomic E-state index is 0.115. The minimum atomic E-state index is -4.71. The summed E-state index contributed by atoms with van der Waals surface area (Å²) >= 11 is 0. The van der Waals surface area contributed by atoms with Gasteiger partial charge in [-0.25, -0.2) is 9.78 Å². The molecule has 0 radical (unpaired) electrons. The van der Waals surface area contributed by atoms with E-state index in [1.165, 1.54) is 0 Å². The third-order valence-electron chi connectivity index (χ3n) is 6.43. The fourth-order valence-electron chi connectivity index (χ4n) is 4.91. The van der Waals surface area contributed by atoms with E-state index in [-0.39, 0.29) is 23.8 Å². The number of hydrogen-bond acceptors (Lipinski definition) is 6. The molecule has 4 rings (SSSR count). The number of aromatic nitrogens is 1. The molecule has 1 aromatic carbocycles. The van der Waals surface area contributed by atoms with Gasteiger partial charge in [-0.05, 0) is 51.2 Å². The third kappa shape index (κ3) is 4.64. The summed E-state index contributed by atoms with van der Waals surface area (Å²) in [6.07, 6.45) is -2.26. The molecule has 1 saturated carbocycles. The maximum Gasteiger partial charge on any atom is 0.433 e. The van der Waals surface area contributed by atoms with Gasteiger partial charge in [-0.3, -0.25) is 15.0 Å². The van der Waals surface area contributed by atoms with Crippen molar-refractivity contribution in [3.8, 4) is 0 Å². The Bertz CT molecular complexity index is 1070. The zero-order valence-corrected chi connectivity index (χ0v) is 18.7. The molecule has 2 heterocycles. The number of alkyl halides is 3. The highest BCUT2D eigenvalue weighted by atomic mass is 19.4. The van der Waals surface area contributed by atoms with Crippen LogP contribution < -0.4 is 5.32 Å². The molecule has 0 bridgehead atoms. The molecule has 182 valence electrons. The molecule has 2 aliphatic rings. The lowest BCUT2D eigenvalue weighted by Gasteiger charge is -2.38. The van der Waals surface area contributed by atoms with Crippen molar-refractivity contribution in [3.63, 3.8) is 0 Å². The third-order valence-corrected chi connectivity index (χ3v) is 6.43. The van der Waals surface area contributed by atoms with Crippen LogP contribution in [0, 0.1) is 10.1 Å². The van der Waals surface area contributed by atoms with E-state index in [0.29, 0.717) is 37.9 Å². The predicted octanol–water partition coefficient (Wildman–Crippen LogP) is 5.70. The van der Waals surface area contributed by atoms with Gasteiger partial charge in [0.25, 0.3) is 0 Å². The predicted molar refractivity (Wildman–Crippen MR) is 117 cm³/mol. The fraction of sp³-hybridized carbons (Fsp3) is 0.478. The second-order valence-corrected chi connectivity index (χ2v) is 9.18. The number of nitrogens with zero attached hydrogens (tertiary/aromatic N) is 3. The molecular weight excluding hydrogens is 453 g/mol. The van der Waals surface area contributed by atoms with Crippen LogP contribution in [0.2, 0.25) is 0 Å². The van der Waals surface area contributed by atoms with E-state index in [0.717, 1.165) is 5.56 Å². The lowest BCUT2D eigenvalue weighted by Crippen LogP contribution is -2.44. The van der Waals surface area contributed by atoms with Gasteiger partial charge in [0, 0.05) is 12.1 Å². The van der Waals surface area contributed by atoms with Crippen molar-refractivity contribution < 1.29 is 27.6 Å². The molecule has 1 aliphatic carbocycles. The summed E-state index contributed by atoms with van der Waals surface area (Å²) in [4.78, 5) is 28.3. The molecular formula is C23H25F3N4O4. The SMILES string of the molecule is CC1(C)OC(=O)N([C@H]2CC[C@H](Nc3cc(C(F)(F)F)ncc3[N+](=O)[O-])CC2)[C@H]1c1ccccc1. The number of benzene rings is 1. The first-order valence-corrected chi connectivity index (χ1v) is 11.0. The summed E-state index contributed by atoms with van der Waals surface area (Å²) in [7, 11) is 0. The molecule has 1 N–H and O–H groups in total. The van der Waals surface area contributed by atoms with Gasteiger partial charge >= 0.3 is 18.0 Å². The van der Waals surface area contributed by atoms with Gasteiger partial charge < -0.3 is 10.1 Å². The van der Waals surface area contributed by atoms with Crippen LogP contribution in [0.5, 0.6) is 0 Å². The maximum atomic E-state index is 13.1. The molecule has 0 spiro atoms. The molecule has 2 aromatic rings. The molecule has 1 amide bonds. The molecule has 1 atom stereocenters. The number of hydrogen-bond donors (Lipinski definition) is 1. The minimum Gasteiger partial charge on any atom is -0.441 e. The van der Waals surface area contributed by atoms with Crippen LogP contribution in [0.1, 0.15) is 56.8 Å². The summed E-state index contributed by atoms with van der Waals surface area (Å²) in [5, 5.41) is 14.2. The zero-order chi connectivity index (χ0) is 24.7. The summed E-state index contributed by atoms with van der Waals surface area (Å²) in [6, 6.07) is 9.63. The number of nitro groups is 1. The lowest BCUT2D eigenvalue weighted by molar-refractivity contribution is -0.384. The Morgan fingerprint density at radius 2 is 1.82 bits per heavy atom. The van der Waals surface area contributed by atoms with E-state index in [4.69, 9.17) is 4.74 Å². The molecule has 34 heavy (non-hydrogen) atoms. The number of carbonyl (C=O) groups excluding carboxylic acids is 1. The van der Waals surface area contributed by atoms with Crippen LogP contribution >= 0.6 is 0 Å². The number of anilines is 1. The second kappa shape index (κ2) is 8.77. The van der Waals surface area contributed by atoms with Gasteiger partial charge in [0.15, 0.2) is 0 Å². The summed E-state index contributed by atoms with van der Waals surface area (Å²) in [5.41, 5.74) is -1.67. The van der Waals surface area contributed by atoms with Crippen LogP contribution in [0.15, 0.2) is 42.6 Å². The molecule has 8 nitrogen and oxygen atoms in total. The van der Waals surface area contributed by atoms with Crippen LogP contribution in [-0.4, -0.2) is 38.6 Å². The zero-order valence-electron chi connectivity index (χ0n) is 18.7. The Hall–Kier alpha value is -3.37. The van der Waals surface area contributed by atoms with Crippen molar-refractivity contribution in [1.82, 2.24) is 9.88 Å². The number of nitrogens with one attached hydrogen (secondary N) is 1. The quantitative estimate of drug-likeness (QED) is 0.437. The largest absolute Gasteiger partial charge is 0.441 e. The number of halogens is 3. The highest BCUT2D eigenvalue weighted by Crippen LogP contribution is 2.45. The van der Waals surface area contributed by atoms with Crippen LogP contribution in [0.25, 0.3) is 0 Å². The van der Waals surface area contributed by atoms with E-state index in [1.807, 2.05) is 44.2 Å². The first-order valence-electron chi connectivity index (χ1n) is 11.0. The van der Waals surface area contributed by atoms with Crippen molar-refractivity contribution in [1.29, 1.82) is 0 Å². The van der Waals surface area contributed by atoms with Gasteiger partial charge in [-0.1, -0.05) is 30.3 Å². The number of cyclic esters (lactones) is 1. The van der Waals surface area contributed by atoms with Gasteiger partial charge in [0.05, 0.1) is 11.0 Å². The Labute approximate surface area is 194 Å². The van der Waals surface area contributed by atoms with E-state index >= 15 is 0 Å². The average molecular weight is 478 g/mol. The van der Waals surface area contributed by atoms with Crippen molar-refractivity contribution in [2.45, 2.75) is 69.4 Å². The highest BCUT2D eigenvalue weighted by molar-refractivity contribution is 5.72. The Kier molecular flexibility index (Phi) is 6.13. The fourth-order valence-corrected chi connectivity index (χ4v) is 4.91. The Morgan fingerprint density at radius 3 is 2.41 bits per heavy atom. The number of rotatable bonds is 5. The smallest absolute Gasteiger partial charge is 0.433 e.